The fourth-order valence-electron chi connectivity index (χ4n) is 2.97. The number of hydrogen-bond donors (Lipinski definition) is 2. The first kappa shape index (κ1) is 18.4. The van der Waals surface area contributed by atoms with Gasteiger partial charge in [-0.25, -0.2) is 0 Å². The monoisotopic (exact) mass is 332 g/mol. The third-order valence-electron chi connectivity index (χ3n) is 4.38. The van der Waals surface area contributed by atoms with Gasteiger partial charge in [-0.15, -0.1) is 0 Å². The van der Waals surface area contributed by atoms with Gasteiger partial charge in [0.1, 0.15) is 5.75 Å². The van der Waals surface area contributed by atoms with E-state index in [-0.39, 0.29) is 0 Å². The number of nitrogens with one attached hydrogen (secondary N) is 2. The minimum absolute atomic E-state index is 0.609. The van der Waals surface area contributed by atoms with E-state index in [1.54, 1.807) is 7.11 Å². The molecule has 1 heterocycles. The van der Waals surface area contributed by atoms with Gasteiger partial charge in [-0.05, 0) is 37.8 Å². The molecule has 1 fully saturated rings. The summed E-state index contributed by atoms with van der Waals surface area (Å²) in [5.41, 5.74) is 1.24. The van der Waals surface area contributed by atoms with Gasteiger partial charge >= 0.3 is 0 Å². The molecule has 134 valence electrons. The Morgan fingerprint density at radius 2 is 2.21 bits per heavy atom. The zero-order valence-electron chi connectivity index (χ0n) is 15.3. The lowest BCUT2D eigenvalue weighted by Crippen LogP contribution is -2.38. The molecule has 1 saturated heterocycles. The number of methoxy groups -OCH3 is 1. The molecule has 0 aliphatic carbocycles. The molecule has 0 bridgehead atoms. The summed E-state index contributed by atoms with van der Waals surface area (Å²) < 4.78 is 5.33. The minimum atomic E-state index is 0.609. The summed E-state index contributed by atoms with van der Waals surface area (Å²) in [5, 5.41) is 6.74. The Kier molecular flexibility index (Phi) is 7.72. The van der Waals surface area contributed by atoms with E-state index in [4.69, 9.17) is 9.73 Å². The number of aliphatic imine (C=N–C) groups is 1. The van der Waals surface area contributed by atoms with Crippen LogP contribution in [0.15, 0.2) is 29.3 Å². The molecule has 1 aromatic rings. The molecule has 0 amide bonds. The van der Waals surface area contributed by atoms with Crippen molar-refractivity contribution in [3.63, 3.8) is 0 Å². The molecule has 24 heavy (non-hydrogen) atoms. The average Bonchev–Trinajstić information content (AvgIpc) is 3.09. The van der Waals surface area contributed by atoms with Crippen molar-refractivity contribution in [3.05, 3.63) is 24.3 Å². The number of unbranched alkanes of at least 4 members (excludes halogenated alkanes) is 1. The van der Waals surface area contributed by atoms with Gasteiger partial charge in [0.2, 0.25) is 0 Å². The highest BCUT2D eigenvalue weighted by molar-refractivity contribution is 5.79. The number of anilines is 1. The summed E-state index contributed by atoms with van der Waals surface area (Å²) >= 11 is 0. The summed E-state index contributed by atoms with van der Waals surface area (Å²) in [6.45, 7) is 9.23. The summed E-state index contributed by atoms with van der Waals surface area (Å²) in [6.07, 6.45) is 3.57. The van der Waals surface area contributed by atoms with Crippen molar-refractivity contribution in [2.24, 2.45) is 10.9 Å². The number of nitrogens with zero attached hydrogens (tertiary/aromatic N) is 2. The van der Waals surface area contributed by atoms with Gasteiger partial charge < -0.3 is 20.3 Å². The van der Waals surface area contributed by atoms with Crippen LogP contribution in [0.5, 0.6) is 5.75 Å². The second kappa shape index (κ2) is 10.1. The Balaban J connectivity index is 1.86. The van der Waals surface area contributed by atoms with Gasteiger partial charge in [0.05, 0.1) is 7.11 Å². The molecule has 5 heteroatoms. The molecule has 0 radical (unpaired) electrons. The topological polar surface area (TPSA) is 48.9 Å². The molecule has 2 N–H and O–H groups in total. The summed E-state index contributed by atoms with van der Waals surface area (Å²) in [4.78, 5) is 7.20. The van der Waals surface area contributed by atoms with E-state index in [0.717, 1.165) is 44.4 Å². The first-order valence-corrected chi connectivity index (χ1v) is 9.18. The van der Waals surface area contributed by atoms with Crippen molar-refractivity contribution in [1.29, 1.82) is 0 Å². The van der Waals surface area contributed by atoms with Crippen molar-refractivity contribution in [2.75, 3.05) is 44.7 Å². The quantitative estimate of drug-likeness (QED) is 0.437. The molecular weight excluding hydrogens is 300 g/mol. The zero-order valence-corrected chi connectivity index (χ0v) is 15.3. The number of guanidine groups is 1. The SMILES string of the molecule is CCCCNC(=NCC1CCN(c2cccc(OC)c2)C1)NCC. The van der Waals surface area contributed by atoms with E-state index in [1.807, 2.05) is 6.07 Å². The number of rotatable bonds is 8. The molecule has 0 saturated carbocycles. The average molecular weight is 332 g/mol. The van der Waals surface area contributed by atoms with Crippen LogP contribution in [-0.4, -0.2) is 45.8 Å². The third-order valence-corrected chi connectivity index (χ3v) is 4.38. The van der Waals surface area contributed by atoms with Crippen molar-refractivity contribution in [1.82, 2.24) is 10.6 Å². The molecule has 1 unspecified atom stereocenters. The van der Waals surface area contributed by atoms with Gasteiger partial charge in [-0.1, -0.05) is 19.4 Å². The second-order valence-electron chi connectivity index (χ2n) is 6.30. The van der Waals surface area contributed by atoms with E-state index in [2.05, 4.69) is 47.6 Å². The van der Waals surface area contributed by atoms with Crippen LogP contribution in [0.1, 0.15) is 33.1 Å². The predicted molar refractivity (Wildman–Crippen MR) is 102 cm³/mol. The first-order valence-electron chi connectivity index (χ1n) is 9.18. The van der Waals surface area contributed by atoms with E-state index in [9.17, 15) is 0 Å². The molecule has 1 atom stereocenters. The van der Waals surface area contributed by atoms with E-state index >= 15 is 0 Å². The minimum Gasteiger partial charge on any atom is -0.497 e. The lowest BCUT2D eigenvalue weighted by Gasteiger charge is -2.19. The Bertz CT molecular complexity index is 518. The van der Waals surface area contributed by atoms with E-state index in [1.165, 1.54) is 24.9 Å². The number of ether oxygens (including phenoxy) is 1. The molecule has 5 nitrogen and oxygen atoms in total. The first-order chi connectivity index (χ1) is 11.8. The molecule has 1 aliphatic heterocycles. The second-order valence-corrected chi connectivity index (χ2v) is 6.30. The van der Waals surface area contributed by atoms with Gasteiger partial charge in [0, 0.05) is 44.5 Å². The summed E-state index contributed by atoms with van der Waals surface area (Å²) in [5.74, 6) is 2.48. The predicted octanol–water partition coefficient (Wildman–Crippen LogP) is 2.88. The van der Waals surface area contributed by atoms with Crippen LogP contribution in [0, 0.1) is 5.92 Å². The molecule has 0 aromatic heterocycles. The van der Waals surface area contributed by atoms with Crippen molar-refractivity contribution >= 4 is 11.6 Å². The standard InChI is InChI=1S/C19H32N4O/c1-4-6-11-21-19(20-5-2)22-14-16-10-12-23(15-16)17-8-7-9-18(13-17)24-3/h7-9,13,16H,4-6,10-12,14-15H2,1-3H3,(H2,20,21,22). The molecule has 0 spiro atoms. The Labute approximate surface area is 146 Å². The van der Waals surface area contributed by atoms with Crippen molar-refractivity contribution in [3.8, 4) is 5.75 Å². The molecule has 1 aliphatic rings. The van der Waals surface area contributed by atoms with Crippen molar-refractivity contribution in [2.45, 2.75) is 33.1 Å². The van der Waals surface area contributed by atoms with Gasteiger partial charge in [0.25, 0.3) is 0 Å². The van der Waals surface area contributed by atoms with Crippen LogP contribution in [0.4, 0.5) is 5.69 Å². The summed E-state index contributed by atoms with van der Waals surface area (Å²) in [6, 6.07) is 8.32. The van der Waals surface area contributed by atoms with Crippen LogP contribution in [0.2, 0.25) is 0 Å². The molecule has 2 rings (SSSR count). The maximum atomic E-state index is 5.33. The van der Waals surface area contributed by atoms with Crippen molar-refractivity contribution < 1.29 is 4.74 Å². The highest BCUT2D eigenvalue weighted by Gasteiger charge is 2.22. The maximum Gasteiger partial charge on any atom is 0.191 e. The van der Waals surface area contributed by atoms with E-state index in [0.29, 0.717) is 5.92 Å². The highest BCUT2D eigenvalue weighted by Crippen LogP contribution is 2.26. The Hall–Kier alpha value is -1.91. The summed E-state index contributed by atoms with van der Waals surface area (Å²) in [7, 11) is 1.72. The van der Waals surface area contributed by atoms with Gasteiger partial charge in [0.15, 0.2) is 5.96 Å². The lowest BCUT2D eigenvalue weighted by molar-refractivity contribution is 0.415. The maximum absolute atomic E-state index is 5.33. The Morgan fingerprint density at radius 1 is 1.33 bits per heavy atom. The van der Waals surface area contributed by atoms with Crippen LogP contribution < -0.4 is 20.3 Å². The fraction of sp³-hybridized carbons (Fsp3) is 0.632. The fourth-order valence-corrected chi connectivity index (χ4v) is 2.97. The van der Waals surface area contributed by atoms with E-state index < -0.39 is 0 Å². The third kappa shape index (κ3) is 5.62. The van der Waals surface area contributed by atoms with Crippen LogP contribution in [0.3, 0.4) is 0 Å². The molecular formula is C19H32N4O. The lowest BCUT2D eigenvalue weighted by atomic mass is 10.1. The largest absolute Gasteiger partial charge is 0.497 e. The van der Waals surface area contributed by atoms with Crippen LogP contribution >= 0.6 is 0 Å². The smallest absolute Gasteiger partial charge is 0.191 e. The Morgan fingerprint density at radius 3 is 2.96 bits per heavy atom. The van der Waals surface area contributed by atoms with Crippen LogP contribution in [-0.2, 0) is 0 Å². The normalized spacial score (nSPS) is 17.9. The zero-order chi connectivity index (χ0) is 17.2. The molecule has 1 aromatic carbocycles. The number of benzene rings is 1. The van der Waals surface area contributed by atoms with Gasteiger partial charge in [-0.3, -0.25) is 4.99 Å². The van der Waals surface area contributed by atoms with Gasteiger partial charge in [-0.2, -0.15) is 0 Å². The highest BCUT2D eigenvalue weighted by atomic mass is 16.5. The van der Waals surface area contributed by atoms with Crippen LogP contribution in [0.25, 0.3) is 0 Å². The number of hydrogen-bond acceptors (Lipinski definition) is 3.